The Morgan fingerprint density at radius 2 is 1.88 bits per heavy atom. The van der Waals surface area contributed by atoms with Gasteiger partial charge in [-0.05, 0) is 30.7 Å². The van der Waals surface area contributed by atoms with E-state index in [0.717, 1.165) is 18.4 Å². The van der Waals surface area contributed by atoms with Gasteiger partial charge in [0.2, 0.25) is 0 Å². The van der Waals surface area contributed by atoms with Crippen LogP contribution < -0.4 is 0 Å². The predicted molar refractivity (Wildman–Crippen MR) is 68.4 cm³/mol. The van der Waals surface area contributed by atoms with Crippen LogP contribution in [-0.2, 0) is 6.42 Å². The molecule has 0 spiro atoms. The zero-order valence-corrected chi connectivity index (χ0v) is 10.4. The summed E-state index contributed by atoms with van der Waals surface area (Å²) < 4.78 is 0. The molecule has 1 aromatic carbocycles. The van der Waals surface area contributed by atoms with Crippen molar-refractivity contribution in [1.29, 1.82) is 0 Å². The van der Waals surface area contributed by atoms with E-state index in [4.69, 9.17) is 11.6 Å². The van der Waals surface area contributed by atoms with Crippen molar-refractivity contribution in [2.75, 3.05) is 0 Å². The lowest BCUT2D eigenvalue weighted by molar-refractivity contribution is -0.384. The highest BCUT2D eigenvalue weighted by atomic mass is 35.5. The standard InChI is InChI=1S/C13H16ClNO2/c14-13-4-2-1-3-11(13)9-10-5-7-12(8-6-10)15(16)17/h5-8,11,13H,1-4,9H2. The molecule has 0 radical (unpaired) electrons. The molecule has 0 amide bonds. The highest BCUT2D eigenvalue weighted by Crippen LogP contribution is 2.31. The third-order valence-electron chi connectivity index (χ3n) is 3.46. The molecule has 0 aromatic heterocycles. The Morgan fingerprint density at radius 3 is 2.47 bits per heavy atom. The van der Waals surface area contributed by atoms with E-state index in [1.807, 2.05) is 12.1 Å². The number of halogens is 1. The van der Waals surface area contributed by atoms with Gasteiger partial charge in [0, 0.05) is 17.5 Å². The van der Waals surface area contributed by atoms with E-state index in [-0.39, 0.29) is 16.0 Å². The molecule has 2 rings (SSSR count). The summed E-state index contributed by atoms with van der Waals surface area (Å²) >= 11 is 6.31. The Labute approximate surface area is 106 Å². The summed E-state index contributed by atoms with van der Waals surface area (Å²) in [5.41, 5.74) is 1.30. The average molecular weight is 254 g/mol. The SMILES string of the molecule is O=[N+]([O-])c1ccc(CC2CCCCC2Cl)cc1. The molecule has 3 nitrogen and oxygen atoms in total. The third-order valence-corrected chi connectivity index (χ3v) is 4.04. The molecule has 4 heteroatoms. The Bertz CT molecular complexity index is 391. The van der Waals surface area contributed by atoms with E-state index in [9.17, 15) is 10.1 Å². The quantitative estimate of drug-likeness (QED) is 0.465. The molecule has 1 aliphatic rings. The summed E-state index contributed by atoms with van der Waals surface area (Å²) in [4.78, 5) is 10.2. The van der Waals surface area contributed by atoms with Crippen molar-refractivity contribution in [3.8, 4) is 0 Å². The van der Waals surface area contributed by atoms with Crippen molar-refractivity contribution in [2.45, 2.75) is 37.5 Å². The van der Waals surface area contributed by atoms with E-state index in [1.54, 1.807) is 12.1 Å². The summed E-state index contributed by atoms with van der Waals surface area (Å²) in [7, 11) is 0. The minimum atomic E-state index is -0.366. The van der Waals surface area contributed by atoms with Crippen LogP contribution >= 0.6 is 11.6 Å². The molecule has 1 aromatic rings. The molecule has 0 bridgehead atoms. The first-order valence-electron chi connectivity index (χ1n) is 6.04. The van der Waals surface area contributed by atoms with Crippen molar-refractivity contribution in [3.63, 3.8) is 0 Å². The molecule has 1 saturated carbocycles. The lowest BCUT2D eigenvalue weighted by Gasteiger charge is -2.26. The van der Waals surface area contributed by atoms with Crippen LogP contribution in [-0.4, -0.2) is 10.3 Å². The number of nitrogens with zero attached hydrogens (tertiary/aromatic N) is 1. The van der Waals surface area contributed by atoms with Crippen LogP contribution in [0.3, 0.4) is 0 Å². The first-order valence-corrected chi connectivity index (χ1v) is 6.48. The van der Waals surface area contributed by atoms with Crippen LogP contribution in [0.25, 0.3) is 0 Å². The van der Waals surface area contributed by atoms with Crippen LogP contribution in [0.15, 0.2) is 24.3 Å². The lowest BCUT2D eigenvalue weighted by atomic mass is 9.84. The van der Waals surface area contributed by atoms with Crippen molar-refractivity contribution in [1.82, 2.24) is 0 Å². The normalized spacial score (nSPS) is 24.5. The minimum absolute atomic E-state index is 0.153. The maximum absolute atomic E-state index is 10.5. The molecule has 0 aliphatic heterocycles. The van der Waals surface area contributed by atoms with Crippen molar-refractivity contribution in [3.05, 3.63) is 39.9 Å². The number of nitro benzene ring substituents is 1. The summed E-state index contributed by atoms with van der Waals surface area (Å²) in [6.45, 7) is 0. The van der Waals surface area contributed by atoms with E-state index in [1.165, 1.54) is 19.3 Å². The van der Waals surface area contributed by atoms with E-state index < -0.39 is 0 Å². The largest absolute Gasteiger partial charge is 0.269 e. The Morgan fingerprint density at radius 1 is 1.24 bits per heavy atom. The Hall–Kier alpha value is -1.09. The van der Waals surface area contributed by atoms with Gasteiger partial charge in [0.25, 0.3) is 5.69 Å². The summed E-state index contributed by atoms with van der Waals surface area (Å²) in [6, 6.07) is 6.83. The number of hydrogen-bond acceptors (Lipinski definition) is 2. The number of rotatable bonds is 3. The second-order valence-corrected chi connectivity index (χ2v) is 5.25. The van der Waals surface area contributed by atoms with Crippen LogP contribution in [0.5, 0.6) is 0 Å². The van der Waals surface area contributed by atoms with Gasteiger partial charge in [-0.1, -0.05) is 25.0 Å². The molecule has 2 unspecified atom stereocenters. The maximum atomic E-state index is 10.5. The van der Waals surface area contributed by atoms with Gasteiger partial charge >= 0.3 is 0 Å². The molecular weight excluding hydrogens is 238 g/mol. The molecule has 0 heterocycles. The van der Waals surface area contributed by atoms with Gasteiger partial charge in [-0.2, -0.15) is 0 Å². The summed E-state index contributed by atoms with van der Waals surface area (Å²) in [5.74, 6) is 0.520. The van der Waals surface area contributed by atoms with Gasteiger partial charge in [0.15, 0.2) is 0 Å². The fourth-order valence-electron chi connectivity index (χ4n) is 2.45. The van der Waals surface area contributed by atoms with E-state index in [2.05, 4.69) is 0 Å². The molecule has 1 aliphatic carbocycles. The molecular formula is C13H16ClNO2. The number of alkyl halides is 1. The van der Waals surface area contributed by atoms with Gasteiger partial charge in [-0.25, -0.2) is 0 Å². The summed E-state index contributed by atoms with van der Waals surface area (Å²) in [6.07, 6.45) is 5.68. The van der Waals surface area contributed by atoms with Crippen LogP contribution in [0, 0.1) is 16.0 Å². The van der Waals surface area contributed by atoms with Gasteiger partial charge in [0.1, 0.15) is 0 Å². The smallest absolute Gasteiger partial charge is 0.258 e. The number of nitro groups is 1. The Kier molecular flexibility index (Phi) is 4.00. The van der Waals surface area contributed by atoms with Gasteiger partial charge in [0.05, 0.1) is 4.92 Å². The van der Waals surface area contributed by atoms with E-state index in [0.29, 0.717) is 5.92 Å². The fourth-order valence-corrected chi connectivity index (χ4v) is 2.82. The average Bonchev–Trinajstić information content (AvgIpc) is 2.33. The predicted octanol–water partition coefficient (Wildman–Crippen LogP) is 3.93. The topological polar surface area (TPSA) is 43.1 Å². The van der Waals surface area contributed by atoms with Crippen molar-refractivity contribution < 1.29 is 4.92 Å². The van der Waals surface area contributed by atoms with Crippen LogP contribution in [0.1, 0.15) is 31.2 Å². The second-order valence-electron chi connectivity index (χ2n) is 4.69. The minimum Gasteiger partial charge on any atom is -0.258 e. The molecule has 17 heavy (non-hydrogen) atoms. The highest BCUT2D eigenvalue weighted by Gasteiger charge is 2.23. The first-order chi connectivity index (χ1) is 8.16. The van der Waals surface area contributed by atoms with Gasteiger partial charge < -0.3 is 0 Å². The van der Waals surface area contributed by atoms with E-state index >= 15 is 0 Å². The summed E-state index contributed by atoms with van der Waals surface area (Å²) in [5, 5.41) is 10.8. The van der Waals surface area contributed by atoms with Gasteiger partial charge in [-0.3, -0.25) is 10.1 Å². The van der Waals surface area contributed by atoms with Crippen molar-refractivity contribution in [2.24, 2.45) is 5.92 Å². The van der Waals surface area contributed by atoms with Crippen LogP contribution in [0.2, 0.25) is 0 Å². The number of benzene rings is 1. The Balaban J connectivity index is 2.00. The molecule has 0 saturated heterocycles. The zero-order chi connectivity index (χ0) is 12.3. The third kappa shape index (κ3) is 3.19. The van der Waals surface area contributed by atoms with Gasteiger partial charge in [-0.15, -0.1) is 11.6 Å². The number of hydrogen-bond donors (Lipinski definition) is 0. The first kappa shape index (κ1) is 12.4. The molecule has 1 fully saturated rings. The van der Waals surface area contributed by atoms with Crippen molar-refractivity contribution >= 4 is 17.3 Å². The fraction of sp³-hybridized carbons (Fsp3) is 0.538. The number of non-ortho nitro benzene ring substituents is 1. The zero-order valence-electron chi connectivity index (χ0n) is 9.64. The second kappa shape index (κ2) is 5.50. The van der Waals surface area contributed by atoms with Crippen LogP contribution in [0.4, 0.5) is 5.69 Å². The lowest BCUT2D eigenvalue weighted by Crippen LogP contribution is -2.21. The maximum Gasteiger partial charge on any atom is 0.269 e. The monoisotopic (exact) mass is 253 g/mol. The molecule has 0 N–H and O–H groups in total. The highest BCUT2D eigenvalue weighted by molar-refractivity contribution is 6.20. The molecule has 92 valence electrons. The molecule has 2 atom stereocenters.